The molecule has 0 aliphatic heterocycles. The van der Waals surface area contributed by atoms with E-state index in [1.807, 2.05) is 95.3 Å². The number of rotatable bonds is 8. The molecule has 0 radical (unpaired) electrons. The maximum Gasteiger partial charge on any atom is 0.331 e. The molecule has 0 saturated heterocycles. The van der Waals surface area contributed by atoms with Crippen molar-refractivity contribution in [2.45, 2.75) is 65.6 Å². The van der Waals surface area contributed by atoms with E-state index in [9.17, 15) is 4.79 Å². The van der Waals surface area contributed by atoms with Gasteiger partial charge in [0.15, 0.2) is 0 Å². The number of aliphatic imine (C=N–C) groups is 1. The number of nitrogens with zero attached hydrogens (tertiary/aromatic N) is 5. The number of carbonyl (C=O) groups is 1. The smallest absolute Gasteiger partial charge is 0.331 e. The van der Waals surface area contributed by atoms with Crippen LogP contribution in [-0.2, 0) is 15.1 Å². The van der Waals surface area contributed by atoms with Crippen molar-refractivity contribution in [1.29, 1.82) is 0 Å². The van der Waals surface area contributed by atoms with Gasteiger partial charge in [0.2, 0.25) is 5.82 Å². The van der Waals surface area contributed by atoms with Gasteiger partial charge >= 0.3 is 5.97 Å². The second-order valence-corrected chi connectivity index (χ2v) is 11.5. The number of hydrogen-bond donors (Lipinski definition) is 0. The van der Waals surface area contributed by atoms with Gasteiger partial charge in [-0.3, -0.25) is 4.99 Å². The molecule has 0 aliphatic rings. The van der Waals surface area contributed by atoms with Gasteiger partial charge in [-0.05, 0) is 68.0 Å². The number of benzene rings is 3. The Kier molecular flexibility index (Phi) is 8.09. The molecular weight excluding hydrogens is 486 g/mol. The van der Waals surface area contributed by atoms with E-state index in [4.69, 9.17) is 9.84 Å². The average molecular weight is 524 g/mol. The fourth-order valence-corrected chi connectivity index (χ4v) is 4.23. The first-order valence-electron chi connectivity index (χ1n) is 13.3. The molecule has 1 aromatic heterocycles. The Bertz CT molecular complexity index is 1430. The SMILES string of the molecule is CC(C)[C@H](N=Cc1ccc(-c2ccccc2-c2nnn(C(C)(C)c3ccccc3)n2)cc1)C(=O)OC(C)(C)C. The molecule has 0 bridgehead atoms. The highest BCUT2D eigenvalue weighted by Crippen LogP contribution is 2.31. The van der Waals surface area contributed by atoms with Gasteiger partial charge in [-0.2, -0.15) is 4.80 Å². The van der Waals surface area contributed by atoms with Crippen LogP contribution in [0.4, 0.5) is 0 Å². The second-order valence-electron chi connectivity index (χ2n) is 11.5. The summed E-state index contributed by atoms with van der Waals surface area (Å²) >= 11 is 0. The summed E-state index contributed by atoms with van der Waals surface area (Å²) in [5.41, 5.74) is 3.94. The van der Waals surface area contributed by atoms with Crippen LogP contribution in [-0.4, -0.2) is 44.0 Å². The Morgan fingerprint density at radius 3 is 2.10 bits per heavy atom. The van der Waals surface area contributed by atoms with Crippen LogP contribution >= 0.6 is 0 Å². The molecule has 7 nitrogen and oxygen atoms in total. The third kappa shape index (κ3) is 6.66. The van der Waals surface area contributed by atoms with Gasteiger partial charge in [0, 0.05) is 11.8 Å². The van der Waals surface area contributed by atoms with E-state index in [2.05, 4.69) is 47.4 Å². The van der Waals surface area contributed by atoms with E-state index < -0.39 is 17.2 Å². The zero-order valence-corrected chi connectivity index (χ0v) is 23.8. The largest absolute Gasteiger partial charge is 0.458 e. The highest BCUT2D eigenvalue weighted by molar-refractivity contribution is 5.86. The zero-order chi connectivity index (χ0) is 28.2. The third-order valence-electron chi connectivity index (χ3n) is 6.45. The zero-order valence-electron chi connectivity index (χ0n) is 23.8. The van der Waals surface area contributed by atoms with Crippen LogP contribution in [0.2, 0.25) is 0 Å². The van der Waals surface area contributed by atoms with Gasteiger partial charge in [-0.1, -0.05) is 92.7 Å². The Hall–Kier alpha value is -4.13. The van der Waals surface area contributed by atoms with E-state index in [1.54, 1.807) is 11.0 Å². The summed E-state index contributed by atoms with van der Waals surface area (Å²) in [6.07, 6.45) is 1.74. The lowest BCUT2D eigenvalue weighted by atomic mass is 9.95. The summed E-state index contributed by atoms with van der Waals surface area (Å²) in [5.74, 6) is 0.280. The fraction of sp³-hybridized carbons (Fsp3) is 0.344. The summed E-state index contributed by atoms with van der Waals surface area (Å²) in [6, 6.07) is 25.7. The first-order chi connectivity index (χ1) is 18.5. The summed E-state index contributed by atoms with van der Waals surface area (Å²) < 4.78 is 5.56. The molecule has 0 N–H and O–H groups in total. The maximum atomic E-state index is 12.6. The molecule has 0 amide bonds. The highest BCUT2D eigenvalue weighted by atomic mass is 16.6. The maximum absolute atomic E-state index is 12.6. The Morgan fingerprint density at radius 2 is 1.49 bits per heavy atom. The van der Waals surface area contributed by atoms with Crippen LogP contribution in [0.3, 0.4) is 0 Å². The molecule has 3 aromatic carbocycles. The van der Waals surface area contributed by atoms with Crippen molar-refractivity contribution < 1.29 is 9.53 Å². The predicted octanol–water partition coefficient (Wildman–Crippen LogP) is 6.58. The first-order valence-corrected chi connectivity index (χ1v) is 13.3. The van der Waals surface area contributed by atoms with E-state index in [0.29, 0.717) is 5.82 Å². The van der Waals surface area contributed by atoms with Crippen molar-refractivity contribution in [1.82, 2.24) is 20.2 Å². The molecule has 0 saturated carbocycles. The molecule has 39 heavy (non-hydrogen) atoms. The van der Waals surface area contributed by atoms with Crippen LogP contribution in [0.5, 0.6) is 0 Å². The molecule has 202 valence electrons. The number of tetrazole rings is 1. The van der Waals surface area contributed by atoms with Gasteiger partial charge in [0.25, 0.3) is 0 Å². The Balaban J connectivity index is 1.57. The monoisotopic (exact) mass is 523 g/mol. The third-order valence-corrected chi connectivity index (χ3v) is 6.45. The molecule has 0 fully saturated rings. The van der Waals surface area contributed by atoms with Crippen molar-refractivity contribution >= 4 is 12.2 Å². The Labute approximate surface area is 231 Å². The average Bonchev–Trinajstić information content (AvgIpc) is 3.40. The lowest BCUT2D eigenvalue weighted by Crippen LogP contribution is -2.33. The minimum Gasteiger partial charge on any atom is -0.458 e. The predicted molar refractivity (Wildman–Crippen MR) is 156 cm³/mol. The van der Waals surface area contributed by atoms with Crippen LogP contribution in [0.15, 0.2) is 83.9 Å². The summed E-state index contributed by atoms with van der Waals surface area (Å²) in [7, 11) is 0. The molecule has 1 atom stereocenters. The first kappa shape index (κ1) is 27.9. The van der Waals surface area contributed by atoms with E-state index in [1.165, 1.54) is 0 Å². The fourth-order valence-electron chi connectivity index (χ4n) is 4.23. The molecular formula is C32H37N5O2. The van der Waals surface area contributed by atoms with Crippen LogP contribution < -0.4 is 0 Å². The van der Waals surface area contributed by atoms with Gasteiger partial charge in [-0.25, -0.2) is 4.79 Å². The number of carbonyl (C=O) groups excluding carboxylic acids is 1. The number of hydrogen-bond acceptors (Lipinski definition) is 6. The van der Waals surface area contributed by atoms with E-state index >= 15 is 0 Å². The molecule has 7 heteroatoms. The molecule has 0 aliphatic carbocycles. The van der Waals surface area contributed by atoms with Gasteiger partial charge < -0.3 is 4.74 Å². The van der Waals surface area contributed by atoms with Crippen LogP contribution in [0.25, 0.3) is 22.5 Å². The molecule has 4 aromatic rings. The van der Waals surface area contributed by atoms with Gasteiger partial charge in [0.1, 0.15) is 17.2 Å². The second kappa shape index (κ2) is 11.3. The van der Waals surface area contributed by atoms with Crippen LogP contribution in [0, 0.1) is 5.92 Å². The normalized spacial score (nSPS) is 13.1. The number of ether oxygens (including phenoxy) is 1. The summed E-state index contributed by atoms with van der Waals surface area (Å²) in [4.78, 5) is 18.9. The highest BCUT2D eigenvalue weighted by Gasteiger charge is 2.28. The summed E-state index contributed by atoms with van der Waals surface area (Å²) in [5, 5.41) is 13.6. The molecule has 1 heterocycles. The van der Waals surface area contributed by atoms with Crippen molar-refractivity contribution in [3.05, 3.63) is 90.0 Å². The Morgan fingerprint density at radius 1 is 0.872 bits per heavy atom. The summed E-state index contributed by atoms with van der Waals surface area (Å²) in [6.45, 7) is 13.7. The van der Waals surface area contributed by atoms with Crippen molar-refractivity contribution in [2.24, 2.45) is 10.9 Å². The molecule has 4 rings (SSSR count). The minimum atomic E-state index is -0.557. The van der Waals surface area contributed by atoms with Crippen molar-refractivity contribution in [2.75, 3.05) is 0 Å². The lowest BCUT2D eigenvalue weighted by Gasteiger charge is -2.23. The molecule has 0 unspecified atom stereocenters. The van der Waals surface area contributed by atoms with E-state index in [-0.39, 0.29) is 11.9 Å². The number of esters is 1. The van der Waals surface area contributed by atoms with E-state index in [0.717, 1.165) is 27.8 Å². The molecule has 0 spiro atoms. The van der Waals surface area contributed by atoms with Crippen molar-refractivity contribution in [3.8, 4) is 22.5 Å². The number of aromatic nitrogens is 4. The quantitative estimate of drug-likeness (QED) is 0.193. The van der Waals surface area contributed by atoms with Crippen LogP contribution in [0.1, 0.15) is 59.6 Å². The topological polar surface area (TPSA) is 82.3 Å². The van der Waals surface area contributed by atoms with Gasteiger partial charge in [-0.15, -0.1) is 10.2 Å². The minimum absolute atomic E-state index is 0.0232. The van der Waals surface area contributed by atoms with Crippen molar-refractivity contribution in [3.63, 3.8) is 0 Å². The standard InChI is InChI=1S/C32H37N5O2/c1-22(2)28(30(38)39-31(3,4)5)33-21-23-17-19-24(20-18-23)26-15-11-12-16-27(26)29-34-36-37(35-29)32(6,7)25-13-9-8-10-14-25/h8-22,28H,1-7H3/t28-/m0/s1. The van der Waals surface area contributed by atoms with Gasteiger partial charge in [0.05, 0.1) is 0 Å². The lowest BCUT2D eigenvalue weighted by molar-refractivity contribution is -0.157.